The number of carbonyl (C=O) groups is 3. The Hall–Kier alpha value is -2.37. The second-order valence-corrected chi connectivity index (χ2v) is 5.90. The molecule has 1 aromatic carbocycles. The van der Waals surface area contributed by atoms with Crippen LogP contribution in [0.3, 0.4) is 0 Å². The molecule has 1 aliphatic heterocycles. The number of aliphatic carboxylic acids is 1. The first kappa shape index (κ1) is 14.6. The van der Waals surface area contributed by atoms with Crippen LogP contribution >= 0.6 is 0 Å². The molecule has 6 nitrogen and oxygen atoms in total. The van der Waals surface area contributed by atoms with Gasteiger partial charge in [-0.25, -0.2) is 4.79 Å². The molecule has 1 fully saturated rings. The molecule has 2 aliphatic rings. The molecular weight excluding hydrogens is 284 g/mol. The van der Waals surface area contributed by atoms with Crippen molar-refractivity contribution < 1.29 is 19.5 Å². The third-order valence-electron chi connectivity index (χ3n) is 4.49. The van der Waals surface area contributed by atoms with Crippen LogP contribution in [-0.4, -0.2) is 35.0 Å². The van der Waals surface area contributed by atoms with Crippen LogP contribution in [0.4, 0.5) is 5.69 Å². The molecule has 6 heteroatoms. The van der Waals surface area contributed by atoms with Crippen LogP contribution in [0.25, 0.3) is 0 Å². The Morgan fingerprint density at radius 1 is 1.23 bits per heavy atom. The van der Waals surface area contributed by atoms with Crippen molar-refractivity contribution in [1.82, 2.24) is 5.32 Å². The number of nitrogens with zero attached hydrogens (tertiary/aromatic N) is 1. The quantitative estimate of drug-likeness (QED) is 0.871. The second kappa shape index (κ2) is 5.44. The zero-order valence-electron chi connectivity index (χ0n) is 12.2. The molecule has 1 saturated carbocycles. The van der Waals surface area contributed by atoms with Crippen molar-refractivity contribution in [3.05, 3.63) is 29.8 Å². The van der Waals surface area contributed by atoms with Gasteiger partial charge in [0.05, 0.1) is 0 Å². The van der Waals surface area contributed by atoms with Crippen LogP contribution in [0.5, 0.6) is 0 Å². The molecule has 0 saturated heterocycles. The molecule has 2 N–H and O–H groups in total. The number of hydrogen-bond acceptors (Lipinski definition) is 3. The minimum atomic E-state index is -1.14. The van der Waals surface area contributed by atoms with E-state index in [1.165, 1.54) is 4.90 Å². The molecule has 0 spiro atoms. The third kappa shape index (κ3) is 2.45. The number of fused-ring (bicyclic) bond motifs is 1. The molecule has 0 atom stereocenters. The van der Waals surface area contributed by atoms with Crippen molar-refractivity contribution in [2.45, 2.75) is 37.6 Å². The van der Waals surface area contributed by atoms with Crippen LogP contribution in [0, 0.1) is 0 Å². The van der Waals surface area contributed by atoms with Gasteiger partial charge in [0.15, 0.2) is 0 Å². The van der Waals surface area contributed by atoms with E-state index in [2.05, 4.69) is 5.32 Å². The minimum Gasteiger partial charge on any atom is -0.480 e. The van der Waals surface area contributed by atoms with E-state index in [4.69, 9.17) is 0 Å². The van der Waals surface area contributed by atoms with Gasteiger partial charge in [0.25, 0.3) is 0 Å². The van der Waals surface area contributed by atoms with E-state index >= 15 is 0 Å². The van der Waals surface area contributed by atoms with Crippen molar-refractivity contribution in [2.24, 2.45) is 0 Å². The predicted molar refractivity (Wildman–Crippen MR) is 79.5 cm³/mol. The SMILES string of the molecule is O=C(CN1C(=O)CCc2ccccc21)NC1(C(=O)O)CCC1. The summed E-state index contributed by atoms with van der Waals surface area (Å²) in [6.45, 7) is -0.134. The summed E-state index contributed by atoms with van der Waals surface area (Å²) < 4.78 is 0. The molecule has 116 valence electrons. The van der Waals surface area contributed by atoms with E-state index in [0.29, 0.717) is 25.7 Å². The molecule has 3 rings (SSSR count). The molecule has 0 aromatic heterocycles. The summed E-state index contributed by atoms with van der Waals surface area (Å²) >= 11 is 0. The van der Waals surface area contributed by atoms with E-state index in [1.54, 1.807) is 0 Å². The fourth-order valence-electron chi connectivity index (χ4n) is 3.04. The van der Waals surface area contributed by atoms with Crippen LogP contribution in [0.15, 0.2) is 24.3 Å². The number of carboxylic acids is 1. The number of hydrogen-bond donors (Lipinski definition) is 2. The molecule has 0 bridgehead atoms. The van der Waals surface area contributed by atoms with Crippen molar-refractivity contribution in [3.63, 3.8) is 0 Å². The fraction of sp³-hybridized carbons (Fsp3) is 0.438. The van der Waals surface area contributed by atoms with E-state index in [0.717, 1.165) is 17.7 Å². The number of benzene rings is 1. The second-order valence-electron chi connectivity index (χ2n) is 5.90. The van der Waals surface area contributed by atoms with E-state index in [1.807, 2.05) is 24.3 Å². The highest BCUT2D eigenvalue weighted by Crippen LogP contribution is 2.32. The highest BCUT2D eigenvalue weighted by atomic mass is 16.4. The normalized spacial score (nSPS) is 19.1. The number of carbonyl (C=O) groups excluding carboxylic acids is 2. The number of amides is 2. The standard InChI is InChI=1S/C16H18N2O4/c19-13(17-16(15(21)22)8-3-9-16)10-18-12-5-2-1-4-11(12)6-7-14(18)20/h1-2,4-5H,3,6-10H2,(H,17,19)(H,21,22). The topological polar surface area (TPSA) is 86.7 Å². The zero-order valence-corrected chi connectivity index (χ0v) is 12.2. The van der Waals surface area contributed by atoms with Gasteiger partial charge in [-0.1, -0.05) is 18.2 Å². The predicted octanol–water partition coefficient (Wildman–Crippen LogP) is 1.09. The number of carboxylic acid groups (broad SMARTS) is 1. The first-order valence-electron chi connectivity index (χ1n) is 7.44. The summed E-state index contributed by atoms with van der Waals surface area (Å²) in [7, 11) is 0. The summed E-state index contributed by atoms with van der Waals surface area (Å²) in [5, 5.41) is 11.8. The van der Waals surface area contributed by atoms with Gasteiger partial charge in [-0.05, 0) is 37.3 Å². The van der Waals surface area contributed by atoms with Crippen molar-refractivity contribution in [2.75, 3.05) is 11.4 Å². The van der Waals surface area contributed by atoms with Crippen molar-refractivity contribution >= 4 is 23.5 Å². The van der Waals surface area contributed by atoms with Gasteiger partial charge in [-0.2, -0.15) is 0 Å². The number of rotatable bonds is 4. The Kier molecular flexibility index (Phi) is 3.60. The highest BCUT2D eigenvalue weighted by molar-refractivity contribution is 6.01. The number of anilines is 1. The van der Waals surface area contributed by atoms with Crippen molar-refractivity contribution in [1.29, 1.82) is 0 Å². The maximum absolute atomic E-state index is 12.2. The summed E-state index contributed by atoms with van der Waals surface area (Å²) in [6.07, 6.45) is 2.72. The average Bonchev–Trinajstić information content (AvgIpc) is 2.45. The van der Waals surface area contributed by atoms with Gasteiger partial charge in [0.2, 0.25) is 11.8 Å². The largest absolute Gasteiger partial charge is 0.480 e. The van der Waals surface area contributed by atoms with Gasteiger partial charge in [0, 0.05) is 12.1 Å². The van der Waals surface area contributed by atoms with Gasteiger partial charge < -0.3 is 15.3 Å². The van der Waals surface area contributed by atoms with E-state index in [-0.39, 0.29) is 12.5 Å². The average molecular weight is 302 g/mol. The Morgan fingerprint density at radius 3 is 2.59 bits per heavy atom. The molecule has 1 aromatic rings. The van der Waals surface area contributed by atoms with Crippen LogP contribution < -0.4 is 10.2 Å². The van der Waals surface area contributed by atoms with Crippen LogP contribution in [0.2, 0.25) is 0 Å². The zero-order chi connectivity index (χ0) is 15.7. The lowest BCUT2D eigenvalue weighted by atomic mass is 9.77. The number of nitrogens with one attached hydrogen (secondary N) is 1. The minimum absolute atomic E-state index is 0.105. The lowest BCUT2D eigenvalue weighted by molar-refractivity contribution is -0.151. The van der Waals surface area contributed by atoms with Gasteiger partial charge >= 0.3 is 5.97 Å². The summed E-state index contributed by atoms with van der Waals surface area (Å²) in [6, 6.07) is 7.49. The molecular formula is C16H18N2O4. The Bertz CT molecular complexity index is 637. The summed E-state index contributed by atoms with van der Waals surface area (Å²) in [4.78, 5) is 37.1. The molecule has 22 heavy (non-hydrogen) atoms. The Labute approximate surface area is 128 Å². The molecule has 1 aliphatic carbocycles. The monoisotopic (exact) mass is 302 g/mol. The smallest absolute Gasteiger partial charge is 0.329 e. The molecule has 0 radical (unpaired) electrons. The van der Waals surface area contributed by atoms with Gasteiger partial charge in [-0.15, -0.1) is 0 Å². The molecule has 0 unspecified atom stereocenters. The highest BCUT2D eigenvalue weighted by Gasteiger charge is 2.46. The first-order chi connectivity index (χ1) is 10.5. The Morgan fingerprint density at radius 2 is 1.95 bits per heavy atom. The van der Waals surface area contributed by atoms with Crippen LogP contribution in [-0.2, 0) is 20.8 Å². The van der Waals surface area contributed by atoms with Crippen LogP contribution in [0.1, 0.15) is 31.2 Å². The lowest BCUT2D eigenvalue weighted by Crippen LogP contribution is -2.61. The maximum Gasteiger partial charge on any atom is 0.329 e. The van der Waals surface area contributed by atoms with Gasteiger partial charge in [0.1, 0.15) is 12.1 Å². The number of para-hydroxylation sites is 1. The third-order valence-corrected chi connectivity index (χ3v) is 4.49. The lowest BCUT2D eigenvalue weighted by Gasteiger charge is -2.39. The van der Waals surface area contributed by atoms with Gasteiger partial charge in [-0.3, -0.25) is 9.59 Å². The van der Waals surface area contributed by atoms with E-state index < -0.39 is 17.4 Å². The summed E-state index contributed by atoms with van der Waals surface area (Å²) in [5.41, 5.74) is 0.633. The Balaban J connectivity index is 1.74. The summed E-state index contributed by atoms with van der Waals surface area (Å²) in [5.74, 6) is -1.53. The maximum atomic E-state index is 12.2. The first-order valence-corrected chi connectivity index (χ1v) is 7.44. The fourth-order valence-corrected chi connectivity index (χ4v) is 3.04. The number of aryl methyl sites for hydroxylation is 1. The molecule has 1 heterocycles. The van der Waals surface area contributed by atoms with Crippen molar-refractivity contribution in [3.8, 4) is 0 Å². The van der Waals surface area contributed by atoms with E-state index in [9.17, 15) is 19.5 Å². The molecule has 2 amide bonds.